The molecule has 21 heavy (non-hydrogen) atoms. The van der Waals surface area contributed by atoms with Crippen molar-refractivity contribution in [3.63, 3.8) is 0 Å². The van der Waals surface area contributed by atoms with Crippen molar-refractivity contribution in [1.29, 1.82) is 0 Å². The summed E-state index contributed by atoms with van der Waals surface area (Å²) in [7, 11) is -3.61. The van der Waals surface area contributed by atoms with E-state index in [-0.39, 0.29) is 15.5 Å². The number of nitrogens with two attached hydrogens (primary N) is 1. The standard InChI is InChI=1S/C17H15NO2S/c1-12-6-9-16(18)17(10-12)21(19,20)15-8-7-13-4-2-3-5-14(13)11-15/h2-11H,18H2,1H3. The Bertz CT molecular complexity index is 930. The quantitative estimate of drug-likeness (QED) is 0.736. The van der Waals surface area contributed by atoms with Crippen molar-refractivity contribution in [2.24, 2.45) is 0 Å². The van der Waals surface area contributed by atoms with Gasteiger partial charge in [0.15, 0.2) is 0 Å². The topological polar surface area (TPSA) is 60.2 Å². The molecule has 4 heteroatoms. The molecule has 3 rings (SSSR count). The van der Waals surface area contributed by atoms with Gasteiger partial charge in [0, 0.05) is 0 Å². The molecule has 3 aromatic rings. The number of hydrogen-bond donors (Lipinski definition) is 1. The van der Waals surface area contributed by atoms with Crippen molar-refractivity contribution in [2.45, 2.75) is 16.7 Å². The third kappa shape index (κ3) is 2.38. The highest BCUT2D eigenvalue weighted by Crippen LogP contribution is 2.28. The summed E-state index contributed by atoms with van der Waals surface area (Å²) in [6.45, 7) is 1.85. The fourth-order valence-corrected chi connectivity index (χ4v) is 3.84. The minimum Gasteiger partial charge on any atom is -0.398 e. The monoisotopic (exact) mass is 297 g/mol. The minimum absolute atomic E-state index is 0.165. The first-order valence-corrected chi connectivity index (χ1v) is 8.07. The van der Waals surface area contributed by atoms with E-state index < -0.39 is 9.84 Å². The van der Waals surface area contributed by atoms with Crippen LogP contribution in [0.2, 0.25) is 0 Å². The van der Waals surface area contributed by atoms with Gasteiger partial charge in [0.25, 0.3) is 0 Å². The highest BCUT2D eigenvalue weighted by atomic mass is 32.2. The molecule has 0 saturated heterocycles. The summed E-state index contributed by atoms with van der Waals surface area (Å²) in [5.41, 5.74) is 6.98. The lowest BCUT2D eigenvalue weighted by atomic mass is 10.1. The lowest BCUT2D eigenvalue weighted by Crippen LogP contribution is -2.06. The zero-order valence-corrected chi connectivity index (χ0v) is 12.4. The maximum atomic E-state index is 12.8. The van der Waals surface area contributed by atoms with Crippen molar-refractivity contribution >= 4 is 26.3 Å². The Labute approximate surface area is 124 Å². The van der Waals surface area contributed by atoms with Gasteiger partial charge in [-0.05, 0) is 47.5 Å². The van der Waals surface area contributed by atoms with Crippen molar-refractivity contribution in [2.75, 3.05) is 5.73 Å². The highest BCUT2D eigenvalue weighted by Gasteiger charge is 2.20. The molecule has 0 aliphatic rings. The van der Waals surface area contributed by atoms with E-state index in [1.807, 2.05) is 37.3 Å². The van der Waals surface area contributed by atoms with Gasteiger partial charge in [-0.3, -0.25) is 0 Å². The van der Waals surface area contributed by atoms with Crippen molar-refractivity contribution < 1.29 is 8.42 Å². The molecule has 3 nitrogen and oxygen atoms in total. The van der Waals surface area contributed by atoms with Crippen LogP contribution in [-0.2, 0) is 9.84 Å². The van der Waals surface area contributed by atoms with Crippen LogP contribution < -0.4 is 5.73 Å². The average Bonchev–Trinajstić information content (AvgIpc) is 2.49. The van der Waals surface area contributed by atoms with Crippen molar-refractivity contribution in [3.05, 3.63) is 66.2 Å². The second-order valence-corrected chi connectivity index (χ2v) is 6.97. The zero-order chi connectivity index (χ0) is 15.0. The molecule has 0 aromatic heterocycles. The van der Waals surface area contributed by atoms with Gasteiger partial charge < -0.3 is 5.73 Å². The van der Waals surface area contributed by atoms with Crippen LogP contribution in [0.4, 0.5) is 5.69 Å². The van der Waals surface area contributed by atoms with Crippen LogP contribution in [0.3, 0.4) is 0 Å². The van der Waals surface area contributed by atoms with E-state index in [1.165, 1.54) is 0 Å². The molecule has 0 spiro atoms. The zero-order valence-electron chi connectivity index (χ0n) is 11.6. The molecule has 0 aliphatic heterocycles. The first kappa shape index (κ1) is 13.6. The first-order chi connectivity index (χ1) is 9.98. The average molecular weight is 297 g/mol. The minimum atomic E-state index is -3.61. The molecule has 106 valence electrons. The molecule has 0 unspecified atom stereocenters. The summed E-state index contributed by atoms with van der Waals surface area (Å²) >= 11 is 0. The van der Waals surface area contributed by atoms with Gasteiger partial charge in [-0.15, -0.1) is 0 Å². The van der Waals surface area contributed by atoms with Gasteiger partial charge in [0.05, 0.1) is 15.5 Å². The number of anilines is 1. The van der Waals surface area contributed by atoms with Crippen LogP contribution in [-0.4, -0.2) is 8.42 Å². The Morgan fingerprint density at radius 3 is 2.33 bits per heavy atom. The van der Waals surface area contributed by atoms with Gasteiger partial charge in [-0.25, -0.2) is 8.42 Å². The van der Waals surface area contributed by atoms with E-state index >= 15 is 0 Å². The molecule has 0 amide bonds. The van der Waals surface area contributed by atoms with E-state index in [1.54, 1.807) is 30.3 Å². The SMILES string of the molecule is Cc1ccc(N)c(S(=O)(=O)c2ccc3ccccc3c2)c1. The molecule has 0 saturated carbocycles. The van der Waals surface area contributed by atoms with Gasteiger partial charge in [0.2, 0.25) is 9.84 Å². The summed E-state index contributed by atoms with van der Waals surface area (Å²) in [4.78, 5) is 0.427. The number of benzene rings is 3. The van der Waals surface area contributed by atoms with Crippen LogP contribution in [0, 0.1) is 6.92 Å². The lowest BCUT2D eigenvalue weighted by Gasteiger charge is -2.09. The Morgan fingerprint density at radius 2 is 1.57 bits per heavy atom. The molecular weight excluding hydrogens is 282 g/mol. The van der Waals surface area contributed by atoms with Crippen LogP contribution in [0.15, 0.2) is 70.5 Å². The summed E-state index contributed by atoms with van der Waals surface area (Å²) in [6, 6.07) is 17.8. The fraction of sp³-hybridized carbons (Fsp3) is 0.0588. The van der Waals surface area contributed by atoms with Crippen LogP contribution in [0.5, 0.6) is 0 Å². The number of rotatable bonds is 2. The molecular formula is C17H15NO2S. The number of aryl methyl sites for hydroxylation is 1. The largest absolute Gasteiger partial charge is 0.398 e. The lowest BCUT2D eigenvalue weighted by molar-refractivity contribution is 0.596. The van der Waals surface area contributed by atoms with E-state index in [0.29, 0.717) is 0 Å². The van der Waals surface area contributed by atoms with Crippen molar-refractivity contribution in [1.82, 2.24) is 0 Å². The molecule has 2 N–H and O–H groups in total. The molecule has 0 heterocycles. The number of sulfone groups is 1. The molecule has 0 atom stereocenters. The van der Waals surface area contributed by atoms with E-state index in [9.17, 15) is 8.42 Å². The Kier molecular flexibility index (Phi) is 3.18. The predicted octanol–water partition coefficient (Wildman–Crippen LogP) is 3.56. The first-order valence-electron chi connectivity index (χ1n) is 6.58. The second kappa shape index (κ2) is 4.90. The molecule has 0 fully saturated rings. The number of fused-ring (bicyclic) bond motifs is 1. The third-order valence-corrected chi connectivity index (χ3v) is 5.30. The van der Waals surface area contributed by atoms with Gasteiger partial charge in [-0.1, -0.05) is 36.4 Å². The number of hydrogen-bond acceptors (Lipinski definition) is 3. The summed E-state index contributed by atoms with van der Waals surface area (Å²) in [6.07, 6.45) is 0. The predicted molar refractivity (Wildman–Crippen MR) is 85.0 cm³/mol. The fourth-order valence-electron chi connectivity index (χ4n) is 2.34. The van der Waals surface area contributed by atoms with Gasteiger partial charge in [-0.2, -0.15) is 0 Å². The van der Waals surface area contributed by atoms with E-state index in [0.717, 1.165) is 16.3 Å². The summed E-state index contributed by atoms with van der Waals surface area (Å²) in [5, 5.41) is 1.90. The Morgan fingerprint density at radius 1 is 0.857 bits per heavy atom. The molecule has 0 radical (unpaired) electrons. The summed E-state index contributed by atoms with van der Waals surface area (Å²) in [5.74, 6) is 0. The summed E-state index contributed by atoms with van der Waals surface area (Å²) < 4.78 is 25.5. The van der Waals surface area contributed by atoms with Crippen molar-refractivity contribution in [3.8, 4) is 0 Å². The normalized spacial score (nSPS) is 11.7. The van der Waals surface area contributed by atoms with Crippen LogP contribution >= 0.6 is 0 Å². The number of nitrogen functional groups attached to an aromatic ring is 1. The third-order valence-electron chi connectivity index (χ3n) is 3.49. The molecule has 0 bridgehead atoms. The molecule has 0 aliphatic carbocycles. The molecule has 3 aromatic carbocycles. The Balaban J connectivity index is 2.22. The maximum absolute atomic E-state index is 12.8. The van der Waals surface area contributed by atoms with Crippen LogP contribution in [0.25, 0.3) is 10.8 Å². The van der Waals surface area contributed by atoms with Crippen LogP contribution in [0.1, 0.15) is 5.56 Å². The van der Waals surface area contributed by atoms with E-state index in [4.69, 9.17) is 5.73 Å². The highest BCUT2D eigenvalue weighted by molar-refractivity contribution is 7.91. The second-order valence-electron chi connectivity index (χ2n) is 5.05. The smallest absolute Gasteiger partial charge is 0.208 e. The van der Waals surface area contributed by atoms with Gasteiger partial charge in [0.1, 0.15) is 0 Å². The Hall–Kier alpha value is -2.33. The van der Waals surface area contributed by atoms with E-state index in [2.05, 4.69) is 0 Å². The maximum Gasteiger partial charge on any atom is 0.208 e. The van der Waals surface area contributed by atoms with Gasteiger partial charge >= 0.3 is 0 Å².